The van der Waals surface area contributed by atoms with Crippen LogP contribution in [0.15, 0.2) is 36.7 Å². The van der Waals surface area contributed by atoms with E-state index >= 15 is 0 Å². The number of benzene rings is 1. The fourth-order valence-electron chi connectivity index (χ4n) is 3.17. The van der Waals surface area contributed by atoms with Crippen LogP contribution in [0.3, 0.4) is 0 Å². The Morgan fingerprint density at radius 3 is 2.88 bits per heavy atom. The summed E-state index contributed by atoms with van der Waals surface area (Å²) in [5, 5.41) is 11.9. The summed E-state index contributed by atoms with van der Waals surface area (Å²) < 4.78 is 4.06. The second-order valence-corrected chi connectivity index (χ2v) is 6.02. The number of para-hydroxylation sites is 1. The maximum absolute atomic E-state index is 4.76. The van der Waals surface area contributed by atoms with Gasteiger partial charge in [-0.3, -0.25) is 5.10 Å². The summed E-state index contributed by atoms with van der Waals surface area (Å²) in [6.45, 7) is 4.62. The Kier molecular flexibility index (Phi) is 2.56. The number of aromatic nitrogens is 7. The lowest BCUT2D eigenvalue weighted by Gasteiger charge is -2.07. The molecule has 4 heterocycles. The van der Waals surface area contributed by atoms with Gasteiger partial charge in [0.25, 0.3) is 0 Å². The molecule has 0 bridgehead atoms. The number of aryl methyl sites for hydroxylation is 2. The van der Waals surface area contributed by atoms with E-state index in [1.165, 1.54) is 0 Å². The van der Waals surface area contributed by atoms with Crippen molar-refractivity contribution in [1.29, 1.82) is 0 Å². The molecule has 5 rings (SSSR count). The number of rotatable bonds is 1. The Morgan fingerprint density at radius 1 is 1.17 bits per heavy atom. The van der Waals surface area contributed by atoms with E-state index in [4.69, 9.17) is 10.1 Å². The molecule has 24 heavy (non-hydrogen) atoms. The first-order valence-corrected chi connectivity index (χ1v) is 7.80. The molecule has 0 radical (unpaired) electrons. The number of H-pyrrole nitrogens is 1. The molecule has 1 aliphatic heterocycles. The number of imidazole rings is 1. The van der Waals surface area contributed by atoms with Gasteiger partial charge in [-0.05, 0) is 32.0 Å². The summed E-state index contributed by atoms with van der Waals surface area (Å²) in [6.07, 6.45) is 1.87. The number of hydrogen-bond donors (Lipinski definition) is 1. The van der Waals surface area contributed by atoms with Gasteiger partial charge in [-0.15, -0.1) is 5.10 Å². The highest BCUT2D eigenvalue weighted by Gasteiger charge is 2.24. The van der Waals surface area contributed by atoms with Gasteiger partial charge in [0.2, 0.25) is 5.82 Å². The second kappa shape index (κ2) is 4.64. The summed E-state index contributed by atoms with van der Waals surface area (Å²) in [4.78, 5) is 9.23. The van der Waals surface area contributed by atoms with Gasteiger partial charge in [0.05, 0.1) is 29.9 Å². The van der Waals surface area contributed by atoms with Crippen molar-refractivity contribution in [2.45, 2.75) is 20.4 Å². The Hall–Kier alpha value is -3.22. The molecule has 0 amide bonds. The first-order valence-electron chi connectivity index (χ1n) is 7.80. The Bertz CT molecular complexity index is 1070. The fourth-order valence-corrected chi connectivity index (χ4v) is 3.17. The van der Waals surface area contributed by atoms with Crippen molar-refractivity contribution < 1.29 is 0 Å². The number of nitrogens with zero attached hydrogens (tertiary/aromatic N) is 6. The molecule has 1 N–H and O–H groups in total. The Labute approximate surface area is 138 Å². The van der Waals surface area contributed by atoms with Crippen molar-refractivity contribution in [2.75, 3.05) is 0 Å². The van der Waals surface area contributed by atoms with Gasteiger partial charge in [-0.1, -0.05) is 12.1 Å². The van der Waals surface area contributed by atoms with Crippen LogP contribution in [0.1, 0.15) is 17.1 Å². The maximum Gasteiger partial charge on any atom is 0.202 e. The van der Waals surface area contributed by atoms with Crippen molar-refractivity contribution in [3.05, 3.63) is 53.7 Å². The molecule has 0 atom stereocenters. The number of hydrogen-bond acceptors (Lipinski definition) is 4. The SMILES string of the molecule is Cc1cc(-c2nc3n(n2)Cc2c(C)ncn2-c2ccccc2-3)n[nH]1. The van der Waals surface area contributed by atoms with Gasteiger partial charge in [0.1, 0.15) is 5.69 Å². The van der Waals surface area contributed by atoms with Crippen LogP contribution < -0.4 is 0 Å². The first-order chi connectivity index (χ1) is 11.7. The molecule has 0 unspecified atom stereocenters. The minimum absolute atomic E-state index is 0.631. The zero-order chi connectivity index (χ0) is 16.3. The summed E-state index contributed by atoms with van der Waals surface area (Å²) in [5.41, 5.74) is 5.99. The number of nitrogens with one attached hydrogen (secondary N) is 1. The third-order valence-corrected chi connectivity index (χ3v) is 4.39. The quantitative estimate of drug-likeness (QED) is 0.515. The topological polar surface area (TPSA) is 77.2 Å². The molecule has 1 aliphatic rings. The van der Waals surface area contributed by atoms with Crippen LogP contribution in [0.4, 0.5) is 0 Å². The van der Waals surface area contributed by atoms with E-state index in [0.29, 0.717) is 12.4 Å². The lowest BCUT2D eigenvalue weighted by Crippen LogP contribution is -2.05. The van der Waals surface area contributed by atoms with E-state index in [1.807, 2.05) is 43.1 Å². The van der Waals surface area contributed by atoms with Crippen LogP contribution in [0.25, 0.3) is 28.6 Å². The molecule has 0 saturated carbocycles. The monoisotopic (exact) mass is 317 g/mol. The van der Waals surface area contributed by atoms with Crippen molar-refractivity contribution in [3.8, 4) is 28.6 Å². The highest BCUT2D eigenvalue weighted by molar-refractivity contribution is 5.70. The number of fused-ring (bicyclic) bond motifs is 5. The molecule has 0 aliphatic carbocycles. The van der Waals surface area contributed by atoms with Crippen molar-refractivity contribution >= 4 is 0 Å². The first kappa shape index (κ1) is 13.2. The molecule has 0 saturated heterocycles. The smallest absolute Gasteiger partial charge is 0.202 e. The van der Waals surface area contributed by atoms with Gasteiger partial charge >= 0.3 is 0 Å². The van der Waals surface area contributed by atoms with Crippen molar-refractivity contribution in [2.24, 2.45) is 0 Å². The van der Waals surface area contributed by atoms with Crippen molar-refractivity contribution in [1.82, 2.24) is 34.5 Å². The molecule has 7 heteroatoms. The predicted octanol–water partition coefficient (Wildman–Crippen LogP) is 2.50. The van der Waals surface area contributed by atoms with Crippen molar-refractivity contribution in [3.63, 3.8) is 0 Å². The van der Waals surface area contributed by atoms with Crippen LogP contribution in [0.5, 0.6) is 0 Å². The van der Waals surface area contributed by atoms with E-state index in [1.54, 1.807) is 0 Å². The van der Waals surface area contributed by atoms with Gasteiger partial charge in [0, 0.05) is 11.3 Å². The lowest BCUT2D eigenvalue weighted by atomic mass is 10.1. The summed E-state index contributed by atoms with van der Waals surface area (Å²) >= 11 is 0. The van der Waals surface area contributed by atoms with Crippen LogP contribution >= 0.6 is 0 Å². The summed E-state index contributed by atoms with van der Waals surface area (Å²) in [5.74, 6) is 1.49. The third-order valence-electron chi connectivity index (χ3n) is 4.39. The molecule has 3 aromatic heterocycles. The van der Waals surface area contributed by atoms with E-state index in [0.717, 1.165) is 39.9 Å². The normalized spacial score (nSPS) is 12.4. The maximum atomic E-state index is 4.76. The zero-order valence-electron chi connectivity index (χ0n) is 13.4. The van der Waals surface area contributed by atoms with E-state index < -0.39 is 0 Å². The summed E-state index contributed by atoms with van der Waals surface area (Å²) in [7, 11) is 0. The molecule has 4 aromatic rings. The molecular formula is C17H15N7. The van der Waals surface area contributed by atoms with E-state index in [2.05, 4.69) is 31.9 Å². The van der Waals surface area contributed by atoms with Crippen LogP contribution in [-0.2, 0) is 6.54 Å². The largest absolute Gasteiger partial charge is 0.300 e. The molecule has 1 aromatic carbocycles. The highest BCUT2D eigenvalue weighted by Crippen LogP contribution is 2.32. The Morgan fingerprint density at radius 2 is 2.04 bits per heavy atom. The summed E-state index contributed by atoms with van der Waals surface area (Å²) in [6, 6.07) is 10.2. The average molecular weight is 317 g/mol. The van der Waals surface area contributed by atoms with Gasteiger partial charge in [-0.2, -0.15) is 5.10 Å². The van der Waals surface area contributed by atoms with Gasteiger partial charge < -0.3 is 4.57 Å². The van der Waals surface area contributed by atoms with Crippen LogP contribution in [-0.4, -0.2) is 34.5 Å². The molecule has 118 valence electrons. The van der Waals surface area contributed by atoms with E-state index in [-0.39, 0.29) is 0 Å². The Balaban J connectivity index is 1.77. The molecule has 0 spiro atoms. The minimum atomic E-state index is 0.631. The zero-order valence-corrected chi connectivity index (χ0v) is 13.4. The third kappa shape index (κ3) is 1.78. The fraction of sp³-hybridized carbons (Fsp3) is 0.176. The average Bonchev–Trinajstić information content (AvgIpc) is 3.27. The highest BCUT2D eigenvalue weighted by atomic mass is 15.4. The molecular weight excluding hydrogens is 302 g/mol. The van der Waals surface area contributed by atoms with Crippen LogP contribution in [0.2, 0.25) is 0 Å². The standard InChI is InChI=1S/C17H15N7/c1-10-7-13(21-20-10)16-19-17-12-5-3-4-6-14(12)23-9-18-11(2)15(23)8-24(17)22-16/h3-7,9H,8H2,1-2H3,(H,20,21). The van der Waals surface area contributed by atoms with Gasteiger partial charge in [0.15, 0.2) is 5.82 Å². The molecule has 0 fully saturated rings. The molecule has 7 nitrogen and oxygen atoms in total. The lowest BCUT2D eigenvalue weighted by molar-refractivity contribution is 0.675. The predicted molar refractivity (Wildman–Crippen MR) is 88.7 cm³/mol. The van der Waals surface area contributed by atoms with Crippen LogP contribution in [0, 0.1) is 13.8 Å². The van der Waals surface area contributed by atoms with E-state index in [9.17, 15) is 0 Å². The second-order valence-electron chi connectivity index (χ2n) is 6.02. The van der Waals surface area contributed by atoms with Gasteiger partial charge in [-0.25, -0.2) is 14.6 Å². The minimum Gasteiger partial charge on any atom is -0.300 e. The number of aromatic amines is 1.